The van der Waals surface area contributed by atoms with Crippen molar-refractivity contribution in [1.82, 2.24) is 5.32 Å². The molecule has 0 radical (unpaired) electrons. The van der Waals surface area contributed by atoms with Gasteiger partial charge in [-0.25, -0.2) is 0 Å². The van der Waals surface area contributed by atoms with Gasteiger partial charge in [-0.2, -0.15) is 0 Å². The molecule has 1 aliphatic carbocycles. The fourth-order valence-corrected chi connectivity index (χ4v) is 4.00. The van der Waals surface area contributed by atoms with Gasteiger partial charge < -0.3 is 15.8 Å². The van der Waals surface area contributed by atoms with Gasteiger partial charge in [0.2, 0.25) is 0 Å². The number of nitrogen functional groups attached to an aromatic ring is 1. The van der Waals surface area contributed by atoms with Crippen LogP contribution in [0.5, 0.6) is 5.75 Å². The van der Waals surface area contributed by atoms with Crippen LogP contribution in [0, 0.1) is 0 Å². The molecule has 3 N–H and O–H groups in total. The molecule has 1 aromatic rings. The summed E-state index contributed by atoms with van der Waals surface area (Å²) in [4.78, 5) is 12.0. The molecule has 6 heteroatoms. The summed E-state index contributed by atoms with van der Waals surface area (Å²) >= 11 is 6.78. The molecule has 2 rings (SSSR count). The normalized spacial score (nSPS) is 16.3. The molecule has 1 aromatic carbocycles. The second kappa shape index (κ2) is 8.03. The largest absolute Gasteiger partial charge is 0.481 e. The molecule has 1 aliphatic rings. The highest BCUT2D eigenvalue weighted by Crippen LogP contribution is 2.35. The van der Waals surface area contributed by atoms with Crippen LogP contribution in [0.1, 0.15) is 38.5 Å². The minimum absolute atomic E-state index is 0.0115. The van der Waals surface area contributed by atoms with Crippen molar-refractivity contribution in [2.24, 2.45) is 0 Å². The predicted molar refractivity (Wildman–Crippen MR) is 91.4 cm³/mol. The predicted octanol–water partition coefficient (Wildman–Crippen LogP) is 4.01. The lowest BCUT2D eigenvalue weighted by molar-refractivity contribution is -0.123. The molecule has 0 aliphatic heterocycles. The SMILES string of the molecule is Nc1cc(Br)c(OCC(=O)NC2CCCCCC2)c(Br)c1. The summed E-state index contributed by atoms with van der Waals surface area (Å²) in [5, 5.41) is 3.06. The number of amides is 1. The van der Waals surface area contributed by atoms with E-state index in [1.54, 1.807) is 12.1 Å². The zero-order chi connectivity index (χ0) is 15.2. The van der Waals surface area contributed by atoms with Crippen LogP contribution in [-0.4, -0.2) is 18.6 Å². The van der Waals surface area contributed by atoms with Crippen molar-refractivity contribution in [2.75, 3.05) is 12.3 Å². The number of rotatable bonds is 4. The molecule has 0 bridgehead atoms. The van der Waals surface area contributed by atoms with Crippen molar-refractivity contribution >= 4 is 43.5 Å². The first-order valence-electron chi connectivity index (χ1n) is 7.23. The standard InChI is InChI=1S/C15H20Br2N2O2/c16-12-7-10(18)8-13(17)15(12)21-9-14(20)19-11-5-3-1-2-4-6-11/h7-8,11H,1-6,9,18H2,(H,19,20). The molecular weight excluding hydrogens is 400 g/mol. The summed E-state index contributed by atoms with van der Waals surface area (Å²) < 4.78 is 7.06. The Kier molecular flexibility index (Phi) is 6.36. The van der Waals surface area contributed by atoms with E-state index in [2.05, 4.69) is 37.2 Å². The lowest BCUT2D eigenvalue weighted by Crippen LogP contribution is -2.37. The molecule has 116 valence electrons. The van der Waals surface area contributed by atoms with Crippen LogP contribution in [0.3, 0.4) is 0 Å². The molecule has 0 spiro atoms. The van der Waals surface area contributed by atoms with Crippen molar-refractivity contribution in [3.8, 4) is 5.75 Å². The molecule has 0 heterocycles. The van der Waals surface area contributed by atoms with Gasteiger partial charge in [0.1, 0.15) is 5.75 Å². The molecule has 1 amide bonds. The van der Waals surface area contributed by atoms with E-state index in [0.29, 0.717) is 17.5 Å². The van der Waals surface area contributed by atoms with Crippen LogP contribution >= 0.6 is 31.9 Å². The second-order valence-corrected chi connectivity index (χ2v) is 7.07. The average Bonchev–Trinajstić information content (AvgIpc) is 2.66. The van der Waals surface area contributed by atoms with E-state index in [9.17, 15) is 4.79 Å². The lowest BCUT2D eigenvalue weighted by atomic mass is 10.1. The topological polar surface area (TPSA) is 64.3 Å². The summed E-state index contributed by atoms with van der Waals surface area (Å²) in [6, 6.07) is 3.80. The molecule has 4 nitrogen and oxygen atoms in total. The van der Waals surface area contributed by atoms with Crippen LogP contribution in [-0.2, 0) is 4.79 Å². The van der Waals surface area contributed by atoms with Crippen LogP contribution in [0.15, 0.2) is 21.1 Å². The van der Waals surface area contributed by atoms with Crippen LogP contribution in [0.4, 0.5) is 5.69 Å². The van der Waals surface area contributed by atoms with E-state index in [1.807, 2.05) is 0 Å². The molecule has 0 saturated heterocycles. The lowest BCUT2D eigenvalue weighted by Gasteiger charge is -2.17. The van der Waals surface area contributed by atoms with Gasteiger partial charge in [0.15, 0.2) is 6.61 Å². The molecule has 0 atom stereocenters. The number of nitrogens with two attached hydrogens (primary N) is 1. The Morgan fingerprint density at radius 1 is 1.19 bits per heavy atom. The summed E-state index contributed by atoms with van der Waals surface area (Å²) in [5.74, 6) is 0.526. The molecule has 21 heavy (non-hydrogen) atoms. The number of halogens is 2. The summed E-state index contributed by atoms with van der Waals surface area (Å²) in [7, 11) is 0. The zero-order valence-electron chi connectivity index (χ0n) is 11.8. The highest BCUT2D eigenvalue weighted by atomic mass is 79.9. The summed E-state index contributed by atoms with van der Waals surface area (Å²) in [5.41, 5.74) is 6.36. The quantitative estimate of drug-likeness (QED) is 0.572. The van der Waals surface area contributed by atoms with E-state index >= 15 is 0 Å². The van der Waals surface area contributed by atoms with Crippen molar-refractivity contribution in [2.45, 2.75) is 44.6 Å². The Balaban J connectivity index is 1.86. The zero-order valence-corrected chi connectivity index (χ0v) is 15.0. The van der Waals surface area contributed by atoms with Crippen molar-refractivity contribution in [3.05, 3.63) is 21.1 Å². The van der Waals surface area contributed by atoms with Crippen LogP contribution < -0.4 is 15.8 Å². The number of benzene rings is 1. The molecule has 0 aromatic heterocycles. The number of hydrogen-bond donors (Lipinski definition) is 2. The van der Waals surface area contributed by atoms with Gasteiger partial charge in [0.25, 0.3) is 5.91 Å². The first-order valence-corrected chi connectivity index (χ1v) is 8.81. The van der Waals surface area contributed by atoms with Crippen LogP contribution in [0.2, 0.25) is 0 Å². The summed E-state index contributed by atoms with van der Waals surface area (Å²) in [6.07, 6.45) is 7.08. The minimum atomic E-state index is -0.0717. The maximum absolute atomic E-state index is 12.0. The third kappa shape index (κ3) is 5.18. The molecule has 0 unspecified atom stereocenters. The number of ether oxygens (including phenoxy) is 1. The smallest absolute Gasteiger partial charge is 0.258 e. The van der Waals surface area contributed by atoms with E-state index in [4.69, 9.17) is 10.5 Å². The third-order valence-electron chi connectivity index (χ3n) is 3.59. The fourth-order valence-electron chi connectivity index (χ4n) is 2.55. The number of carbonyl (C=O) groups excluding carboxylic acids is 1. The number of nitrogens with one attached hydrogen (secondary N) is 1. The van der Waals surface area contributed by atoms with Gasteiger partial charge in [-0.15, -0.1) is 0 Å². The van der Waals surface area contributed by atoms with Crippen LogP contribution in [0.25, 0.3) is 0 Å². The molecule has 1 saturated carbocycles. The maximum atomic E-state index is 12.0. The van der Waals surface area contributed by atoms with E-state index in [-0.39, 0.29) is 12.5 Å². The van der Waals surface area contributed by atoms with Crippen molar-refractivity contribution < 1.29 is 9.53 Å². The maximum Gasteiger partial charge on any atom is 0.258 e. The summed E-state index contributed by atoms with van der Waals surface area (Å²) in [6.45, 7) is 0.0115. The number of carbonyl (C=O) groups is 1. The monoisotopic (exact) mass is 418 g/mol. The fraction of sp³-hybridized carbons (Fsp3) is 0.533. The highest BCUT2D eigenvalue weighted by molar-refractivity contribution is 9.11. The van der Waals surface area contributed by atoms with E-state index < -0.39 is 0 Å². The first kappa shape index (κ1) is 16.6. The van der Waals surface area contributed by atoms with Crippen molar-refractivity contribution in [3.63, 3.8) is 0 Å². The third-order valence-corrected chi connectivity index (χ3v) is 4.77. The van der Waals surface area contributed by atoms with E-state index in [1.165, 1.54) is 25.7 Å². The van der Waals surface area contributed by atoms with Crippen molar-refractivity contribution in [1.29, 1.82) is 0 Å². The average molecular weight is 420 g/mol. The first-order chi connectivity index (χ1) is 10.1. The second-order valence-electron chi connectivity index (χ2n) is 5.36. The number of anilines is 1. The molecular formula is C15H20Br2N2O2. The van der Waals surface area contributed by atoms with Gasteiger partial charge >= 0.3 is 0 Å². The Morgan fingerprint density at radius 2 is 1.76 bits per heavy atom. The van der Waals surface area contributed by atoms with Gasteiger partial charge in [-0.1, -0.05) is 25.7 Å². The Labute approximate surface area is 142 Å². The minimum Gasteiger partial charge on any atom is -0.481 e. The Morgan fingerprint density at radius 3 is 2.33 bits per heavy atom. The van der Waals surface area contributed by atoms with Gasteiger partial charge in [-0.05, 0) is 56.8 Å². The van der Waals surface area contributed by atoms with Gasteiger partial charge in [-0.3, -0.25) is 4.79 Å². The highest BCUT2D eigenvalue weighted by Gasteiger charge is 2.16. The Bertz CT molecular complexity index is 477. The van der Waals surface area contributed by atoms with Gasteiger partial charge in [0.05, 0.1) is 8.95 Å². The molecule has 1 fully saturated rings. The number of hydrogen-bond acceptors (Lipinski definition) is 3. The van der Waals surface area contributed by atoms with E-state index in [0.717, 1.165) is 21.8 Å². The van der Waals surface area contributed by atoms with Gasteiger partial charge in [0, 0.05) is 11.7 Å². The Hall–Kier alpha value is -0.750.